The fraction of sp³-hybridized carbons (Fsp3) is 0.533. The van der Waals surface area contributed by atoms with Crippen LogP contribution in [0, 0.1) is 5.92 Å². The molecule has 2 rings (SSSR count). The van der Waals surface area contributed by atoms with E-state index in [1.165, 1.54) is 19.3 Å². The van der Waals surface area contributed by atoms with Crippen molar-refractivity contribution in [2.75, 3.05) is 6.61 Å². The standard InChI is InChI=1S/C15H20BrNO2/c1-11-4-2-3-5-14(11)17-15(18)10-19-13-8-6-12(16)7-9-13/h6-9,11,14H,2-5,10H2,1H3,(H,17,18). The van der Waals surface area contributed by atoms with Crippen molar-refractivity contribution in [2.45, 2.75) is 38.6 Å². The van der Waals surface area contributed by atoms with Gasteiger partial charge in [-0.05, 0) is 43.0 Å². The highest BCUT2D eigenvalue weighted by Crippen LogP contribution is 2.23. The van der Waals surface area contributed by atoms with Gasteiger partial charge in [-0.25, -0.2) is 0 Å². The minimum Gasteiger partial charge on any atom is -0.484 e. The summed E-state index contributed by atoms with van der Waals surface area (Å²) >= 11 is 3.36. The number of ether oxygens (including phenoxy) is 1. The third-order valence-electron chi connectivity index (χ3n) is 3.64. The lowest BCUT2D eigenvalue weighted by atomic mass is 9.86. The second kappa shape index (κ2) is 6.94. The van der Waals surface area contributed by atoms with E-state index in [0.29, 0.717) is 12.0 Å². The van der Waals surface area contributed by atoms with Crippen LogP contribution in [0.25, 0.3) is 0 Å². The largest absolute Gasteiger partial charge is 0.484 e. The molecule has 0 bridgehead atoms. The Bertz CT molecular complexity index is 419. The van der Waals surface area contributed by atoms with E-state index in [9.17, 15) is 4.79 Å². The van der Waals surface area contributed by atoms with Gasteiger partial charge < -0.3 is 10.1 Å². The Morgan fingerprint density at radius 1 is 1.32 bits per heavy atom. The van der Waals surface area contributed by atoms with Crippen LogP contribution in [-0.4, -0.2) is 18.6 Å². The lowest BCUT2D eigenvalue weighted by molar-refractivity contribution is -0.124. The zero-order valence-corrected chi connectivity index (χ0v) is 12.8. The van der Waals surface area contributed by atoms with Crippen LogP contribution in [0.5, 0.6) is 5.75 Å². The molecule has 0 radical (unpaired) electrons. The number of rotatable bonds is 4. The van der Waals surface area contributed by atoms with Crippen molar-refractivity contribution in [3.63, 3.8) is 0 Å². The number of carbonyl (C=O) groups is 1. The van der Waals surface area contributed by atoms with Gasteiger partial charge in [0.15, 0.2) is 6.61 Å². The Hall–Kier alpha value is -1.03. The second-order valence-electron chi connectivity index (χ2n) is 5.18. The fourth-order valence-electron chi connectivity index (χ4n) is 2.46. The smallest absolute Gasteiger partial charge is 0.258 e. The SMILES string of the molecule is CC1CCCCC1NC(=O)COc1ccc(Br)cc1. The van der Waals surface area contributed by atoms with E-state index in [-0.39, 0.29) is 12.5 Å². The predicted octanol–water partition coefficient (Wildman–Crippen LogP) is 3.52. The maximum atomic E-state index is 11.9. The molecular formula is C15H20BrNO2. The fourth-order valence-corrected chi connectivity index (χ4v) is 2.72. The Morgan fingerprint density at radius 2 is 2.00 bits per heavy atom. The van der Waals surface area contributed by atoms with Gasteiger partial charge in [-0.15, -0.1) is 0 Å². The number of hydrogen-bond acceptors (Lipinski definition) is 2. The Morgan fingerprint density at radius 3 is 2.68 bits per heavy atom. The van der Waals surface area contributed by atoms with Crippen LogP contribution in [0.2, 0.25) is 0 Å². The first-order valence-corrected chi connectivity index (χ1v) is 7.62. The molecule has 1 aromatic carbocycles. The summed E-state index contributed by atoms with van der Waals surface area (Å²) in [6.45, 7) is 2.30. The molecule has 0 aromatic heterocycles. The summed E-state index contributed by atoms with van der Waals surface area (Å²) in [5.74, 6) is 1.27. The lowest BCUT2D eigenvalue weighted by Crippen LogP contribution is -2.43. The van der Waals surface area contributed by atoms with E-state index in [0.717, 1.165) is 16.6 Å². The van der Waals surface area contributed by atoms with Crippen LogP contribution in [0.4, 0.5) is 0 Å². The molecule has 0 saturated heterocycles. The molecule has 0 spiro atoms. The summed E-state index contributed by atoms with van der Waals surface area (Å²) < 4.78 is 6.47. The molecule has 0 heterocycles. The first kappa shape index (κ1) is 14.4. The number of benzene rings is 1. The Labute approximate surface area is 122 Å². The van der Waals surface area contributed by atoms with Gasteiger partial charge in [-0.3, -0.25) is 4.79 Å². The molecule has 4 heteroatoms. The molecule has 1 saturated carbocycles. The maximum absolute atomic E-state index is 11.9. The van der Waals surface area contributed by atoms with Gasteiger partial charge >= 0.3 is 0 Å². The van der Waals surface area contributed by atoms with Gasteiger partial charge in [0, 0.05) is 10.5 Å². The number of hydrogen-bond donors (Lipinski definition) is 1. The molecular weight excluding hydrogens is 306 g/mol. The molecule has 1 aliphatic rings. The topological polar surface area (TPSA) is 38.3 Å². The second-order valence-corrected chi connectivity index (χ2v) is 6.09. The molecule has 2 unspecified atom stereocenters. The Balaban J connectivity index is 1.76. The quantitative estimate of drug-likeness (QED) is 0.919. The highest BCUT2D eigenvalue weighted by molar-refractivity contribution is 9.10. The molecule has 1 amide bonds. The van der Waals surface area contributed by atoms with Crippen LogP contribution in [-0.2, 0) is 4.79 Å². The number of nitrogens with one attached hydrogen (secondary N) is 1. The van der Waals surface area contributed by atoms with Gasteiger partial charge in [0.05, 0.1) is 0 Å². The number of amides is 1. The van der Waals surface area contributed by atoms with Crippen molar-refractivity contribution >= 4 is 21.8 Å². The minimum atomic E-state index is -0.0262. The van der Waals surface area contributed by atoms with E-state index in [1.807, 2.05) is 24.3 Å². The monoisotopic (exact) mass is 325 g/mol. The summed E-state index contributed by atoms with van der Waals surface area (Å²) in [4.78, 5) is 11.9. The lowest BCUT2D eigenvalue weighted by Gasteiger charge is -2.29. The zero-order chi connectivity index (χ0) is 13.7. The van der Waals surface area contributed by atoms with E-state index in [2.05, 4.69) is 28.2 Å². The van der Waals surface area contributed by atoms with E-state index < -0.39 is 0 Å². The summed E-state index contributed by atoms with van der Waals surface area (Å²) in [6.07, 6.45) is 4.79. The van der Waals surface area contributed by atoms with Gasteiger partial charge in [-0.2, -0.15) is 0 Å². The van der Waals surface area contributed by atoms with Gasteiger partial charge in [0.25, 0.3) is 5.91 Å². The molecule has 0 aliphatic heterocycles. The predicted molar refractivity (Wildman–Crippen MR) is 79.2 cm³/mol. The van der Waals surface area contributed by atoms with E-state index in [4.69, 9.17) is 4.74 Å². The Kier molecular flexibility index (Phi) is 5.25. The normalized spacial score (nSPS) is 22.8. The molecule has 1 N–H and O–H groups in total. The van der Waals surface area contributed by atoms with Crippen LogP contribution in [0.1, 0.15) is 32.6 Å². The molecule has 19 heavy (non-hydrogen) atoms. The molecule has 2 atom stereocenters. The first-order valence-electron chi connectivity index (χ1n) is 6.83. The van der Waals surface area contributed by atoms with Crippen molar-refractivity contribution in [3.05, 3.63) is 28.7 Å². The van der Waals surface area contributed by atoms with Crippen LogP contribution < -0.4 is 10.1 Å². The van der Waals surface area contributed by atoms with Crippen molar-refractivity contribution in [1.29, 1.82) is 0 Å². The summed E-state index contributed by atoms with van der Waals surface area (Å²) in [7, 11) is 0. The minimum absolute atomic E-state index is 0.0262. The average Bonchev–Trinajstić information content (AvgIpc) is 2.41. The van der Waals surface area contributed by atoms with Gasteiger partial charge in [0.1, 0.15) is 5.75 Å². The van der Waals surface area contributed by atoms with E-state index >= 15 is 0 Å². The summed E-state index contributed by atoms with van der Waals surface area (Å²) in [6, 6.07) is 7.81. The van der Waals surface area contributed by atoms with Crippen molar-refractivity contribution < 1.29 is 9.53 Å². The van der Waals surface area contributed by atoms with Crippen molar-refractivity contribution in [3.8, 4) is 5.75 Å². The molecule has 1 aliphatic carbocycles. The van der Waals surface area contributed by atoms with Gasteiger partial charge in [0.2, 0.25) is 0 Å². The molecule has 104 valence electrons. The average molecular weight is 326 g/mol. The zero-order valence-electron chi connectivity index (χ0n) is 11.2. The third kappa shape index (κ3) is 4.53. The summed E-state index contributed by atoms with van der Waals surface area (Å²) in [5, 5.41) is 3.08. The van der Waals surface area contributed by atoms with Crippen LogP contribution >= 0.6 is 15.9 Å². The van der Waals surface area contributed by atoms with Crippen molar-refractivity contribution in [1.82, 2.24) is 5.32 Å². The molecule has 1 fully saturated rings. The number of carbonyl (C=O) groups excluding carboxylic acids is 1. The third-order valence-corrected chi connectivity index (χ3v) is 4.17. The van der Waals surface area contributed by atoms with Crippen molar-refractivity contribution in [2.24, 2.45) is 5.92 Å². The molecule has 1 aromatic rings. The van der Waals surface area contributed by atoms with Crippen LogP contribution in [0.15, 0.2) is 28.7 Å². The highest BCUT2D eigenvalue weighted by Gasteiger charge is 2.22. The number of halogens is 1. The van der Waals surface area contributed by atoms with Crippen LogP contribution in [0.3, 0.4) is 0 Å². The first-order chi connectivity index (χ1) is 9.15. The highest BCUT2D eigenvalue weighted by atomic mass is 79.9. The molecule has 3 nitrogen and oxygen atoms in total. The maximum Gasteiger partial charge on any atom is 0.258 e. The van der Waals surface area contributed by atoms with E-state index in [1.54, 1.807) is 0 Å². The van der Waals surface area contributed by atoms with Gasteiger partial charge in [-0.1, -0.05) is 35.7 Å². The summed E-state index contributed by atoms with van der Waals surface area (Å²) in [5.41, 5.74) is 0.